The number of halogens is 3. The highest BCUT2D eigenvalue weighted by Gasteiger charge is 2.52. The fourth-order valence-electron chi connectivity index (χ4n) is 1.92. The monoisotopic (exact) mass is 303 g/mol. The fraction of sp³-hybridized carbons (Fsp3) is 0.615. The van der Waals surface area contributed by atoms with Crippen molar-refractivity contribution in [3.05, 3.63) is 23.0 Å². The van der Waals surface area contributed by atoms with Crippen molar-refractivity contribution < 1.29 is 18.1 Å². The lowest BCUT2D eigenvalue weighted by Crippen LogP contribution is -2.41. The number of aromatic nitrogens is 1. The highest BCUT2D eigenvalue weighted by molar-refractivity contribution is 6.65. The molecule has 0 N–H and O–H groups in total. The highest BCUT2D eigenvalue weighted by atomic mass is 35.5. The molecule has 7 heteroatoms. The van der Waals surface area contributed by atoms with Crippen molar-refractivity contribution >= 4 is 24.2 Å². The summed E-state index contributed by atoms with van der Waals surface area (Å²) in [4.78, 5) is 3.90. The standard InChI is InChI=1S/C13H17BClF2NO2/c1-12(2)13(3,4)20-14(19-12)9-5-8(6-11(16)17)18-7-10(9)15/h5,7,11H,6H2,1-4H3. The van der Waals surface area contributed by atoms with Crippen LogP contribution in [-0.4, -0.2) is 29.7 Å². The summed E-state index contributed by atoms with van der Waals surface area (Å²) in [6.45, 7) is 7.68. The molecule has 110 valence electrons. The number of hydrogen-bond donors (Lipinski definition) is 0. The summed E-state index contributed by atoms with van der Waals surface area (Å²) in [6.07, 6.45) is -1.50. The molecular weight excluding hydrogens is 286 g/mol. The molecule has 0 aliphatic carbocycles. The van der Waals surface area contributed by atoms with E-state index in [0.717, 1.165) is 0 Å². The molecule has 0 unspecified atom stereocenters. The van der Waals surface area contributed by atoms with Gasteiger partial charge in [0.1, 0.15) is 0 Å². The van der Waals surface area contributed by atoms with Crippen LogP contribution in [0, 0.1) is 0 Å². The Bertz CT molecular complexity index is 495. The van der Waals surface area contributed by atoms with Gasteiger partial charge in [0.15, 0.2) is 0 Å². The van der Waals surface area contributed by atoms with Crippen LogP contribution in [0.15, 0.2) is 12.3 Å². The third kappa shape index (κ3) is 2.97. The van der Waals surface area contributed by atoms with Gasteiger partial charge in [0, 0.05) is 17.4 Å². The normalized spacial score (nSPS) is 20.7. The third-order valence-corrected chi connectivity index (χ3v) is 4.13. The summed E-state index contributed by atoms with van der Waals surface area (Å²) >= 11 is 6.09. The molecule has 1 aliphatic rings. The Morgan fingerprint density at radius 1 is 1.25 bits per heavy atom. The van der Waals surface area contributed by atoms with Gasteiger partial charge in [0.05, 0.1) is 22.6 Å². The summed E-state index contributed by atoms with van der Waals surface area (Å²) in [7, 11) is -0.674. The minimum Gasteiger partial charge on any atom is -0.399 e. The van der Waals surface area contributed by atoms with Gasteiger partial charge in [-0.2, -0.15) is 0 Å². The largest absolute Gasteiger partial charge is 0.496 e. The smallest absolute Gasteiger partial charge is 0.399 e. The highest BCUT2D eigenvalue weighted by Crippen LogP contribution is 2.36. The third-order valence-electron chi connectivity index (χ3n) is 3.81. The summed E-state index contributed by atoms with van der Waals surface area (Å²) in [5, 5.41) is 0.349. The van der Waals surface area contributed by atoms with E-state index in [1.165, 1.54) is 12.3 Å². The first-order valence-corrected chi connectivity index (χ1v) is 6.78. The molecule has 3 nitrogen and oxygen atoms in total. The molecule has 0 atom stereocenters. The number of hydrogen-bond acceptors (Lipinski definition) is 3. The molecule has 1 saturated heterocycles. The molecule has 2 heterocycles. The maximum absolute atomic E-state index is 12.4. The molecule has 0 saturated carbocycles. The Hall–Kier alpha value is -0.715. The van der Waals surface area contributed by atoms with Crippen molar-refractivity contribution in [2.24, 2.45) is 0 Å². The number of rotatable bonds is 3. The zero-order valence-corrected chi connectivity index (χ0v) is 12.7. The van der Waals surface area contributed by atoms with Crippen molar-refractivity contribution in [1.82, 2.24) is 4.98 Å². The average molecular weight is 304 g/mol. The van der Waals surface area contributed by atoms with E-state index in [0.29, 0.717) is 10.5 Å². The Kier molecular flexibility index (Phi) is 4.11. The summed E-state index contributed by atoms with van der Waals surface area (Å²) in [5.74, 6) is 0. The van der Waals surface area contributed by atoms with Gasteiger partial charge < -0.3 is 9.31 Å². The van der Waals surface area contributed by atoms with Crippen LogP contribution in [0.25, 0.3) is 0 Å². The second-order valence-corrected chi connectivity index (χ2v) is 6.29. The van der Waals surface area contributed by atoms with E-state index < -0.39 is 31.2 Å². The molecule has 2 rings (SSSR count). The minimum absolute atomic E-state index is 0.272. The first kappa shape index (κ1) is 15.7. The predicted octanol–water partition coefficient (Wildman–Crippen LogP) is 2.84. The van der Waals surface area contributed by atoms with Gasteiger partial charge in [0.2, 0.25) is 6.43 Å². The number of pyridine rings is 1. The minimum atomic E-state index is -2.45. The lowest BCUT2D eigenvalue weighted by atomic mass is 9.79. The second kappa shape index (κ2) is 5.24. The van der Waals surface area contributed by atoms with Gasteiger partial charge in [-0.3, -0.25) is 4.98 Å². The lowest BCUT2D eigenvalue weighted by Gasteiger charge is -2.32. The molecule has 1 aromatic heterocycles. The van der Waals surface area contributed by atoms with Crippen LogP contribution >= 0.6 is 11.6 Å². The molecule has 0 amide bonds. The van der Waals surface area contributed by atoms with E-state index in [1.807, 2.05) is 27.7 Å². The van der Waals surface area contributed by atoms with Crippen LogP contribution in [-0.2, 0) is 15.7 Å². The predicted molar refractivity (Wildman–Crippen MR) is 74.7 cm³/mol. The van der Waals surface area contributed by atoms with Gasteiger partial charge in [-0.05, 0) is 33.8 Å². The zero-order valence-electron chi connectivity index (χ0n) is 11.9. The molecule has 1 fully saturated rings. The molecule has 1 aromatic rings. The van der Waals surface area contributed by atoms with Crippen LogP contribution in [0.3, 0.4) is 0 Å². The van der Waals surface area contributed by atoms with Gasteiger partial charge in [-0.25, -0.2) is 8.78 Å². The first-order chi connectivity index (χ1) is 9.12. The molecule has 0 spiro atoms. The van der Waals surface area contributed by atoms with Crippen LogP contribution < -0.4 is 5.46 Å². The zero-order chi connectivity index (χ0) is 15.1. The Morgan fingerprint density at radius 3 is 2.30 bits per heavy atom. The van der Waals surface area contributed by atoms with E-state index >= 15 is 0 Å². The number of nitrogens with zero attached hydrogens (tertiary/aromatic N) is 1. The van der Waals surface area contributed by atoms with Crippen molar-refractivity contribution in [3.8, 4) is 0 Å². The maximum atomic E-state index is 12.4. The van der Waals surface area contributed by atoms with E-state index in [-0.39, 0.29) is 5.69 Å². The number of alkyl halides is 2. The topological polar surface area (TPSA) is 31.4 Å². The molecular formula is C13H17BClF2NO2. The second-order valence-electron chi connectivity index (χ2n) is 5.88. The average Bonchev–Trinajstić information content (AvgIpc) is 2.50. The fourth-order valence-corrected chi connectivity index (χ4v) is 2.11. The van der Waals surface area contributed by atoms with Gasteiger partial charge in [0.25, 0.3) is 0 Å². The van der Waals surface area contributed by atoms with Crippen LogP contribution in [0.1, 0.15) is 33.4 Å². The van der Waals surface area contributed by atoms with Gasteiger partial charge in [-0.1, -0.05) is 11.6 Å². The van der Waals surface area contributed by atoms with Crippen molar-refractivity contribution in [2.45, 2.75) is 51.7 Å². The molecule has 20 heavy (non-hydrogen) atoms. The Labute approximate surface area is 122 Å². The molecule has 0 bridgehead atoms. The molecule has 0 aromatic carbocycles. The molecule has 0 radical (unpaired) electrons. The van der Waals surface area contributed by atoms with Crippen molar-refractivity contribution in [3.63, 3.8) is 0 Å². The van der Waals surface area contributed by atoms with E-state index in [2.05, 4.69) is 4.98 Å². The summed E-state index contributed by atoms with van der Waals surface area (Å²) in [6, 6.07) is 1.52. The van der Waals surface area contributed by atoms with Crippen LogP contribution in [0.2, 0.25) is 5.02 Å². The van der Waals surface area contributed by atoms with Gasteiger partial charge in [-0.15, -0.1) is 0 Å². The van der Waals surface area contributed by atoms with E-state index in [1.54, 1.807) is 0 Å². The van der Waals surface area contributed by atoms with Gasteiger partial charge >= 0.3 is 7.12 Å². The van der Waals surface area contributed by atoms with Crippen LogP contribution in [0.4, 0.5) is 8.78 Å². The SMILES string of the molecule is CC1(C)OB(c2cc(CC(F)F)ncc2Cl)OC1(C)C. The Balaban J connectivity index is 2.30. The van der Waals surface area contributed by atoms with Crippen molar-refractivity contribution in [1.29, 1.82) is 0 Å². The first-order valence-electron chi connectivity index (χ1n) is 6.40. The van der Waals surface area contributed by atoms with Crippen LogP contribution in [0.5, 0.6) is 0 Å². The molecule has 1 aliphatic heterocycles. The van der Waals surface area contributed by atoms with Crippen molar-refractivity contribution in [2.75, 3.05) is 0 Å². The quantitative estimate of drug-likeness (QED) is 0.805. The maximum Gasteiger partial charge on any atom is 0.496 e. The van der Waals surface area contributed by atoms with E-state index in [9.17, 15) is 8.78 Å². The van der Waals surface area contributed by atoms with E-state index in [4.69, 9.17) is 20.9 Å². The Morgan fingerprint density at radius 2 is 1.80 bits per heavy atom. The summed E-state index contributed by atoms with van der Waals surface area (Å²) < 4.78 is 36.6. The summed E-state index contributed by atoms with van der Waals surface area (Å²) in [5.41, 5.74) is -0.203. The lowest BCUT2D eigenvalue weighted by molar-refractivity contribution is 0.00578.